The molecule has 0 amide bonds. The third-order valence-corrected chi connectivity index (χ3v) is 4.26. The first kappa shape index (κ1) is 11.7. The predicted octanol–water partition coefficient (Wildman–Crippen LogP) is 4.70. The summed E-state index contributed by atoms with van der Waals surface area (Å²) >= 11 is 0. The van der Waals surface area contributed by atoms with Gasteiger partial charge in [0, 0.05) is 10.9 Å². The van der Waals surface area contributed by atoms with Crippen LogP contribution < -0.4 is 0 Å². The maximum atomic E-state index is 4.96. The van der Waals surface area contributed by atoms with Gasteiger partial charge in [-0.15, -0.1) is 0 Å². The van der Waals surface area contributed by atoms with Crippen molar-refractivity contribution < 1.29 is 0 Å². The molecule has 0 saturated heterocycles. The molecule has 0 N–H and O–H groups in total. The van der Waals surface area contributed by atoms with Crippen LogP contribution in [0.1, 0.15) is 23.1 Å². The van der Waals surface area contributed by atoms with Crippen molar-refractivity contribution >= 4 is 10.9 Å². The van der Waals surface area contributed by atoms with Gasteiger partial charge in [0.15, 0.2) is 0 Å². The van der Waals surface area contributed by atoms with Crippen LogP contribution in [-0.2, 0) is 12.8 Å². The van der Waals surface area contributed by atoms with Crippen LogP contribution in [-0.4, -0.2) is 4.98 Å². The van der Waals surface area contributed by atoms with E-state index >= 15 is 0 Å². The molecule has 1 aliphatic rings. The van der Waals surface area contributed by atoms with E-state index < -0.39 is 0 Å². The average Bonchev–Trinajstić information content (AvgIpc) is 2.97. The summed E-state index contributed by atoms with van der Waals surface area (Å²) in [6.07, 6.45) is 3.61. The predicted molar refractivity (Wildman–Crippen MR) is 83.9 cm³/mol. The number of nitrogens with zero attached hydrogens (tertiary/aromatic N) is 1. The largest absolute Gasteiger partial charge is 0.247 e. The summed E-state index contributed by atoms with van der Waals surface area (Å²) in [5.74, 6) is 0. The standard InChI is InChI=1S/C19H17N/c1-13-10-11-18-17(12-13)15-8-5-9-16(15)19(20-18)14-6-3-2-4-7-14/h2-4,6-7,10-12H,5,8-9H2,1H3. The molecule has 0 saturated carbocycles. The molecule has 1 aliphatic carbocycles. The second-order valence-corrected chi connectivity index (χ2v) is 5.66. The van der Waals surface area contributed by atoms with Crippen molar-refractivity contribution in [3.8, 4) is 11.3 Å². The summed E-state index contributed by atoms with van der Waals surface area (Å²) in [6, 6.07) is 17.2. The van der Waals surface area contributed by atoms with Crippen LogP contribution in [0.25, 0.3) is 22.2 Å². The maximum absolute atomic E-state index is 4.96. The molecule has 0 bridgehead atoms. The number of benzene rings is 2. The van der Waals surface area contributed by atoms with E-state index in [-0.39, 0.29) is 0 Å². The van der Waals surface area contributed by atoms with Gasteiger partial charge in [0.2, 0.25) is 0 Å². The Hall–Kier alpha value is -2.15. The Morgan fingerprint density at radius 3 is 2.55 bits per heavy atom. The third-order valence-electron chi connectivity index (χ3n) is 4.26. The zero-order chi connectivity index (χ0) is 13.5. The highest BCUT2D eigenvalue weighted by molar-refractivity contribution is 5.88. The van der Waals surface area contributed by atoms with Crippen molar-refractivity contribution in [2.45, 2.75) is 26.2 Å². The average molecular weight is 259 g/mol. The van der Waals surface area contributed by atoms with Crippen molar-refractivity contribution in [1.29, 1.82) is 0 Å². The van der Waals surface area contributed by atoms with E-state index in [0.717, 1.165) is 11.9 Å². The number of fused-ring (bicyclic) bond motifs is 3. The quantitative estimate of drug-likeness (QED) is 0.617. The Morgan fingerprint density at radius 1 is 0.900 bits per heavy atom. The van der Waals surface area contributed by atoms with E-state index in [2.05, 4.69) is 55.5 Å². The summed E-state index contributed by atoms with van der Waals surface area (Å²) in [5, 5.41) is 1.36. The van der Waals surface area contributed by atoms with Gasteiger partial charge in [-0.1, -0.05) is 42.0 Å². The van der Waals surface area contributed by atoms with E-state index in [1.165, 1.54) is 46.2 Å². The number of rotatable bonds is 1. The highest BCUT2D eigenvalue weighted by Crippen LogP contribution is 2.35. The van der Waals surface area contributed by atoms with E-state index in [1.807, 2.05) is 0 Å². The molecular weight excluding hydrogens is 242 g/mol. The smallest absolute Gasteiger partial charge is 0.0744 e. The van der Waals surface area contributed by atoms with Gasteiger partial charge >= 0.3 is 0 Å². The SMILES string of the molecule is Cc1ccc2nc(-c3ccccc3)c3c(c2c1)CCC3. The van der Waals surface area contributed by atoms with Gasteiger partial charge in [0.1, 0.15) is 0 Å². The second kappa shape index (κ2) is 4.45. The molecule has 4 rings (SSSR count). The molecule has 0 unspecified atom stereocenters. The zero-order valence-electron chi connectivity index (χ0n) is 11.7. The number of hydrogen-bond donors (Lipinski definition) is 0. The van der Waals surface area contributed by atoms with Gasteiger partial charge in [0.25, 0.3) is 0 Å². The Labute approximate surface area is 119 Å². The molecule has 1 heteroatoms. The van der Waals surface area contributed by atoms with Crippen LogP contribution in [0.3, 0.4) is 0 Å². The summed E-state index contributed by atoms with van der Waals surface area (Å²) in [6.45, 7) is 2.16. The van der Waals surface area contributed by atoms with E-state index in [9.17, 15) is 0 Å². The Balaban J connectivity index is 2.06. The minimum absolute atomic E-state index is 1.13. The van der Waals surface area contributed by atoms with Crippen molar-refractivity contribution in [2.75, 3.05) is 0 Å². The minimum atomic E-state index is 1.13. The lowest BCUT2D eigenvalue weighted by molar-refractivity contribution is 0.913. The highest BCUT2D eigenvalue weighted by atomic mass is 14.7. The molecule has 0 atom stereocenters. The van der Waals surface area contributed by atoms with Crippen molar-refractivity contribution in [1.82, 2.24) is 4.98 Å². The third kappa shape index (κ3) is 1.74. The molecule has 2 aromatic carbocycles. The van der Waals surface area contributed by atoms with Crippen LogP contribution in [0.15, 0.2) is 48.5 Å². The fourth-order valence-electron chi connectivity index (χ4n) is 3.31. The zero-order valence-corrected chi connectivity index (χ0v) is 11.7. The molecule has 1 nitrogen and oxygen atoms in total. The molecule has 1 aromatic heterocycles. The first-order valence-corrected chi connectivity index (χ1v) is 7.30. The van der Waals surface area contributed by atoms with E-state index in [4.69, 9.17) is 4.98 Å². The number of pyridine rings is 1. The van der Waals surface area contributed by atoms with Gasteiger partial charge in [-0.25, -0.2) is 4.98 Å². The van der Waals surface area contributed by atoms with Crippen molar-refractivity contribution in [3.05, 3.63) is 65.2 Å². The van der Waals surface area contributed by atoms with Gasteiger partial charge in [0.05, 0.1) is 11.2 Å². The molecule has 0 spiro atoms. The number of hydrogen-bond acceptors (Lipinski definition) is 1. The normalized spacial score (nSPS) is 13.7. The monoisotopic (exact) mass is 259 g/mol. The fourth-order valence-corrected chi connectivity index (χ4v) is 3.31. The molecule has 98 valence electrons. The van der Waals surface area contributed by atoms with Crippen molar-refractivity contribution in [3.63, 3.8) is 0 Å². The van der Waals surface area contributed by atoms with Gasteiger partial charge in [-0.3, -0.25) is 0 Å². The molecular formula is C19H17N. The summed E-state index contributed by atoms with van der Waals surface area (Å²) in [5.41, 5.74) is 7.88. The molecule has 20 heavy (non-hydrogen) atoms. The van der Waals surface area contributed by atoms with Crippen LogP contribution in [0.5, 0.6) is 0 Å². The second-order valence-electron chi connectivity index (χ2n) is 5.66. The minimum Gasteiger partial charge on any atom is -0.247 e. The Morgan fingerprint density at radius 2 is 1.70 bits per heavy atom. The van der Waals surface area contributed by atoms with Crippen LogP contribution in [0, 0.1) is 6.92 Å². The van der Waals surface area contributed by atoms with Gasteiger partial charge in [-0.2, -0.15) is 0 Å². The Kier molecular flexibility index (Phi) is 2.59. The molecule has 0 fully saturated rings. The topological polar surface area (TPSA) is 12.9 Å². The maximum Gasteiger partial charge on any atom is 0.0744 e. The van der Waals surface area contributed by atoms with Gasteiger partial charge < -0.3 is 0 Å². The number of aryl methyl sites for hydroxylation is 2. The molecule has 0 aliphatic heterocycles. The van der Waals surface area contributed by atoms with E-state index in [0.29, 0.717) is 0 Å². The summed E-state index contributed by atoms with van der Waals surface area (Å²) in [4.78, 5) is 4.96. The first-order chi connectivity index (χ1) is 9.83. The highest BCUT2D eigenvalue weighted by Gasteiger charge is 2.20. The summed E-state index contributed by atoms with van der Waals surface area (Å²) < 4.78 is 0. The van der Waals surface area contributed by atoms with E-state index in [1.54, 1.807) is 0 Å². The first-order valence-electron chi connectivity index (χ1n) is 7.30. The molecule has 1 heterocycles. The lowest BCUT2D eigenvalue weighted by Crippen LogP contribution is -1.95. The number of aromatic nitrogens is 1. The molecule has 3 aromatic rings. The summed E-state index contributed by atoms with van der Waals surface area (Å²) in [7, 11) is 0. The lowest BCUT2D eigenvalue weighted by Gasteiger charge is -2.12. The van der Waals surface area contributed by atoms with Crippen molar-refractivity contribution in [2.24, 2.45) is 0 Å². The lowest BCUT2D eigenvalue weighted by atomic mass is 9.98. The Bertz CT molecular complexity index is 788. The van der Waals surface area contributed by atoms with Crippen LogP contribution in [0.2, 0.25) is 0 Å². The van der Waals surface area contributed by atoms with Gasteiger partial charge in [-0.05, 0) is 49.4 Å². The molecule has 0 radical (unpaired) electrons. The van der Waals surface area contributed by atoms with Crippen LogP contribution >= 0.6 is 0 Å². The van der Waals surface area contributed by atoms with Crippen LogP contribution in [0.4, 0.5) is 0 Å². The fraction of sp³-hybridized carbons (Fsp3) is 0.211.